The van der Waals surface area contributed by atoms with Crippen molar-refractivity contribution in [2.45, 2.75) is 19.3 Å². The van der Waals surface area contributed by atoms with E-state index in [4.69, 9.17) is 16.3 Å². The van der Waals surface area contributed by atoms with Crippen LogP contribution >= 0.6 is 11.6 Å². The minimum Gasteiger partial charge on any atom is -0.396 e. The first-order valence-electron chi connectivity index (χ1n) is 5.78. The summed E-state index contributed by atoms with van der Waals surface area (Å²) in [5.74, 6) is -0.297. The minimum atomic E-state index is -0.310. The molecule has 4 heteroatoms. The quantitative estimate of drug-likeness (QED) is 0.903. The van der Waals surface area contributed by atoms with Gasteiger partial charge in [-0.1, -0.05) is 11.6 Å². The van der Waals surface area contributed by atoms with Crippen LogP contribution in [0.3, 0.4) is 0 Å². The molecular formula is C13H16ClFO2. The van der Waals surface area contributed by atoms with Crippen LogP contribution in [0.1, 0.15) is 18.4 Å². The minimum absolute atomic E-state index is 0.0415. The summed E-state index contributed by atoms with van der Waals surface area (Å²) >= 11 is 6.05. The third-order valence-electron chi connectivity index (χ3n) is 3.31. The number of aliphatic hydroxyl groups is 1. The number of hydrogen-bond acceptors (Lipinski definition) is 2. The van der Waals surface area contributed by atoms with Gasteiger partial charge >= 0.3 is 0 Å². The normalized spacial score (nSPS) is 24.9. The highest BCUT2D eigenvalue weighted by atomic mass is 35.5. The third-order valence-corrected chi connectivity index (χ3v) is 3.68. The molecule has 1 N–H and O–H groups in total. The third kappa shape index (κ3) is 2.97. The summed E-state index contributed by atoms with van der Waals surface area (Å²) in [6.07, 6.45) is 2.37. The summed E-state index contributed by atoms with van der Waals surface area (Å²) in [5.41, 5.74) is 0.432. The van der Waals surface area contributed by atoms with Gasteiger partial charge in [-0.25, -0.2) is 4.39 Å². The van der Waals surface area contributed by atoms with E-state index >= 15 is 0 Å². The fourth-order valence-electron chi connectivity index (χ4n) is 2.31. The van der Waals surface area contributed by atoms with E-state index < -0.39 is 0 Å². The predicted octanol–water partition coefficient (Wildman–Crippen LogP) is 2.81. The lowest BCUT2D eigenvalue weighted by Gasteiger charge is -2.35. The molecule has 0 aromatic heterocycles. The lowest BCUT2D eigenvalue weighted by molar-refractivity contribution is -0.0379. The molecule has 1 aromatic carbocycles. The van der Waals surface area contributed by atoms with Gasteiger partial charge in [-0.05, 0) is 43.0 Å². The van der Waals surface area contributed by atoms with Crippen LogP contribution in [0, 0.1) is 11.2 Å². The average molecular weight is 259 g/mol. The highest BCUT2D eigenvalue weighted by molar-refractivity contribution is 6.31. The molecule has 1 aliphatic rings. The molecule has 94 valence electrons. The fourth-order valence-corrected chi connectivity index (χ4v) is 2.50. The molecule has 1 aliphatic heterocycles. The smallest absolute Gasteiger partial charge is 0.123 e. The van der Waals surface area contributed by atoms with Crippen LogP contribution in [0.2, 0.25) is 5.02 Å². The molecule has 1 atom stereocenters. The Bertz CT molecular complexity index is 389. The van der Waals surface area contributed by atoms with Crippen molar-refractivity contribution in [2.75, 3.05) is 19.8 Å². The number of halogens is 2. The Morgan fingerprint density at radius 2 is 2.29 bits per heavy atom. The first-order valence-corrected chi connectivity index (χ1v) is 6.16. The SMILES string of the molecule is OCC1(Cc2cc(F)ccc2Cl)CCCOC1. The maximum absolute atomic E-state index is 13.2. The van der Waals surface area contributed by atoms with E-state index in [1.54, 1.807) is 6.07 Å². The van der Waals surface area contributed by atoms with Gasteiger partial charge in [-0.2, -0.15) is 0 Å². The molecule has 1 heterocycles. The van der Waals surface area contributed by atoms with E-state index in [-0.39, 0.29) is 17.8 Å². The Kier molecular flexibility index (Phi) is 4.02. The summed E-state index contributed by atoms with van der Waals surface area (Å²) in [4.78, 5) is 0. The Balaban J connectivity index is 2.20. The number of ether oxygens (including phenoxy) is 1. The van der Waals surface area contributed by atoms with E-state index in [1.165, 1.54) is 12.1 Å². The zero-order chi connectivity index (χ0) is 12.3. The molecule has 1 saturated heterocycles. The summed E-state index contributed by atoms with van der Waals surface area (Å²) in [6.45, 7) is 1.29. The number of aliphatic hydroxyl groups excluding tert-OH is 1. The highest BCUT2D eigenvalue weighted by Crippen LogP contribution is 2.34. The monoisotopic (exact) mass is 258 g/mol. The van der Waals surface area contributed by atoms with Gasteiger partial charge < -0.3 is 9.84 Å². The van der Waals surface area contributed by atoms with E-state index in [0.29, 0.717) is 18.1 Å². The van der Waals surface area contributed by atoms with Gasteiger partial charge in [0, 0.05) is 17.0 Å². The molecule has 1 aromatic rings. The van der Waals surface area contributed by atoms with Crippen molar-refractivity contribution in [1.82, 2.24) is 0 Å². The Morgan fingerprint density at radius 1 is 1.47 bits per heavy atom. The second kappa shape index (κ2) is 5.34. The standard InChI is InChI=1S/C13H16ClFO2/c14-12-3-2-11(15)6-10(12)7-13(8-16)4-1-5-17-9-13/h2-3,6,16H,1,4-5,7-9H2. The molecule has 1 fully saturated rings. The number of hydrogen-bond donors (Lipinski definition) is 1. The second-order valence-electron chi connectivity index (χ2n) is 4.73. The van der Waals surface area contributed by atoms with Crippen LogP contribution in [0.5, 0.6) is 0 Å². The Morgan fingerprint density at radius 3 is 2.94 bits per heavy atom. The van der Waals surface area contributed by atoms with Gasteiger partial charge in [-0.3, -0.25) is 0 Å². The van der Waals surface area contributed by atoms with Crippen molar-refractivity contribution >= 4 is 11.6 Å². The maximum Gasteiger partial charge on any atom is 0.123 e. The van der Waals surface area contributed by atoms with Crippen molar-refractivity contribution in [3.05, 3.63) is 34.6 Å². The van der Waals surface area contributed by atoms with Crippen molar-refractivity contribution in [3.8, 4) is 0 Å². The van der Waals surface area contributed by atoms with Crippen molar-refractivity contribution < 1.29 is 14.2 Å². The van der Waals surface area contributed by atoms with Crippen LogP contribution in [0.15, 0.2) is 18.2 Å². The Labute approximate surface area is 105 Å². The first kappa shape index (κ1) is 12.8. The maximum atomic E-state index is 13.2. The topological polar surface area (TPSA) is 29.5 Å². The van der Waals surface area contributed by atoms with Gasteiger partial charge in [0.2, 0.25) is 0 Å². The van der Waals surface area contributed by atoms with Gasteiger partial charge in [-0.15, -0.1) is 0 Å². The molecule has 0 spiro atoms. The molecule has 1 unspecified atom stereocenters. The molecule has 2 nitrogen and oxygen atoms in total. The summed E-state index contributed by atoms with van der Waals surface area (Å²) < 4.78 is 18.6. The molecule has 0 radical (unpaired) electrons. The molecule has 0 amide bonds. The van der Waals surface area contributed by atoms with E-state index in [1.807, 2.05) is 0 Å². The lowest BCUT2D eigenvalue weighted by atomic mass is 9.78. The van der Waals surface area contributed by atoms with Crippen LogP contribution < -0.4 is 0 Å². The van der Waals surface area contributed by atoms with Crippen molar-refractivity contribution in [2.24, 2.45) is 5.41 Å². The van der Waals surface area contributed by atoms with Crippen LogP contribution in [0.4, 0.5) is 4.39 Å². The summed E-state index contributed by atoms with van der Waals surface area (Å²) in [5, 5.41) is 10.1. The van der Waals surface area contributed by atoms with Gasteiger partial charge in [0.25, 0.3) is 0 Å². The predicted molar refractivity (Wildman–Crippen MR) is 64.7 cm³/mol. The van der Waals surface area contributed by atoms with Gasteiger partial charge in [0.15, 0.2) is 0 Å². The van der Waals surface area contributed by atoms with Crippen LogP contribution in [-0.2, 0) is 11.2 Å². The van der Waals surface area contributed by atoms with Crippen LogP contribution in [0.25, 0.3) is 0 Å². The zero-order valence-electron chi connectivity index (χ0n) is 9.59. The number of rotatable bonds is 3. The largest absolute Gasteiger partial charge is 0.396 e. The lowest BCUT2D eigenvalue weighted by Crippen LogP contribution is -2.37. The summed E-state index contributed by atoms with van der Waals surface area (Å²) in [6, 6.07) is 4.34. The number of benzene rings is 1. The van der Waals surface area contributed by atoms with Gasteiger partial charge in [0.05, 0.1) is 13.2 Å². The molecule has 0 aliphatic carbocycles. The summed E-state index contributed by atoms with van der Waals surface area (Å²) in [7, 11) is 0. The van der Waals surface area contributed by atoms with Crippen molar-refractivity contribution in [3.63, 3.8) is 0 Å². The van der Waals surface area contributed by atoms with E-state index in [9.17, 15) is 9.50 Å². The molecular weight excluding hydrogens is 243 g/mol. The van der Waals surface area contributed by atoms with Gasteiger partial charge in [0.1, 0.15) is 5.82 Å². The molecule has 2 rings (SSSR count). The molecule has 0 saturated carbocycles. The fraction of sp³-hybridized carbons (Fsp3) is 0.538. The molecule has 17 heavy (non-hydrogen) atoms. The first-order chi connectivity index (χ1) is 8.15. The zero-order valence-corrected chi connectivity index (χ0v) is 10.3. The van der Waals surface area contributed by atoms with Crippen molar-refractivity contribution in [1.29, 1.82) is 0 Å². The second-order valence-corrected chi connectivity index (χ2v) is 5.13. The van der Waals surface area contributed by atoms with E-state index in [0.717, 1.165) is 25.0 Å². The average Bonchev–Trinajstić information content (AvgIpc) is 2.35. The van der Waals surface area contributed by atoms with E-state index in [2.05, 4.69) is 0 Å². The Hall–Kier alpha value is -0.640. The van der Waals surface area contributed by atoms with Crippen LogP contribution in [-0.4, -0.2) is 24.9 Å². The molecule has 0 bridgehead atoms. The highest BCUT2D eigenvalue weighted by Gasteiger charge is 2.33.